The quantitative estimate of drug-likeness (QED) is 0.639. The van der Waals surface area contributed by atoms with Crippen LogP contribution in [0.4, 0.5) is 0 Å². The average molecular weight is 371 g/mol. The predicted molar refractivity (Wildman–Crippen MR) is 96.0 cm³/mol. The van der Waals surface area contributed by atoms with E-state index in [1.165, 1.54) is 11.8 Å². The van der Waals surface area contributed by atoms with Crippen molar-refractivity contribution >= 4 is 45.8 Å². The number of thiazole rings is 1. The number of carbonyl (C=O) groups excluding carboxylic acids is 2. The van der Waals surface area contributed by atoms with Crippen molar-refractivity contribution in [2.75, 3.05) is 0 Å². The molecule has 4 heterocycles. The van der Waals surface area contributed by atoms with Crippen LogP contribution in [0.3, 0.4) is 0 Å². The van der Waals surface area contributed by atoms with E-state index in [-0.39, 0.29) is 22.6 Å². The second-order valence-corrected chi connectivity index (χ2v) is 8.48. The molecule has 2 N–H and O–H groups in total. The van der Waals surface area contributed by atoms with Gasteiger partial charge >= 0.3 is 4.87 Å². The molecule has 1 fully saturated rings. The number of aryl methyl sites for hydroxylation is 1. The molecular weight excluding hydrogens is 358 g/mol. The van der Waals surface area contributed by atoms with Crippen LogP contribution < -0.4 is 10.2 Å². The molecule has 0 spiro atoms. The highest BCUT2D eigenvalue weighted by atomic mass is 32.2. The largest absolute Gasteiger partial charge is 0.350 e. The van der Waals surface area contributed by atoms with Crippen molar-refractivity contribution in [2.45, 2.75) is 16.2 Å². The molecule has 126 valence electrons. The summed E-state index contributed by atoms with van der Waals surface area (Å²) in [6.07, 6.45) is 2.01. The van der Waals surface area contributed by atoms with Crippen LogP contribution in [-0.2, 0) is 16.6 Å². The molecule has 0 aliphatic carbocycles. The number of para-hydroxylation sites is 1. The highest BCUT2D eigenvalue weighted by Gasteiger charge is 2.52. The molecule has 0 bridgehead atoms. The number of thioether (sulfide) groups is 1. The number of fused-ring (bicyclic) bond motifs is 3. The molecule has 2 aromatic heterocycles. The van der Waals surface area contributed by atoms with Gasteiger partial charge in [0.2, 0.25) is 11.8 Å². The number of rotatable bonds is 1. The lowest BCUT2D eigenvalue weighted by Crippen LogP contribution is -2.31. The lowest BCUT2D eigenvalue weighted by atomic mass is 9.83. The Morgan fingerprint density at radius 2 is 1.92 bits per heavy atom. The number of aromatic amines is 1. The third-order valence-corrected chi connectivity index (χ3v) is 7.34. The number of hydrogen-bond donors (Lipinski definition) is 2. The highest BCUT2D eigenvalue weighted by molar-refractivity contribution is 8.00. The highest BCUT2D eigenvalue weighted by Crippen LogP contribution is 2.52. The summed E-state index contributed by atoms with van der Waals surface area (Å²) < 4.78 is 2.02. The number of aromatic nitrogens is 2. The fraction of sp³-hybridized carbons (Fsp3) is 0.235. The van der Waals surface area contributed by atoms with Crippen molar-refractivity contribution in [2.24, 2.45) is 13.0 Å². The molecule has 0 radical (unpaired) electrons. The standard InChI is InChI=1S/C17H13N3O3S2/c1-20-6-8(7-4-2-3-5-9(7)20)10-11-12(15(22)18-14(11)21)24-16-13(10)25-17(23)19-16/h2-6,10-12H,1H3,(H,19,23)(H,18,21,22)/t10-,11-,12-/m1/s1. The summed E-state index contributed by atoms with van der Waals surface area (Å²) in [5.74, 6) is -1.33. The summed E-state index contributed by atoms with van der Waals surface area (Å²) in [6, 6.07) is 7.97. The van der Waals surface area contributed by atoms with Gasteiger partial charge in [-0.25, -0.2) is 0 Å². The molecule has 2 aliphatic heterocycles. The van der Waals surface area contributed by atoms with Gasteiger partial charge in [-0.3, -0.25) is 19.7 Å². The van der Waals surface area contributed by atoms with Crippen molar-refractivity contribution in [1.82, 2.24) is 14.9 Å². The third kappa shape index (κ3) is 2.01. The Morgan fingerprint density at radius 1 is 1.12 bits per heavy atom. The van der Waals surface area contributed by atoms with E-state index in [1.807, 2.05) is 42.1 Å². The molecule has 25 heavy (non-hydrogen) atoms. The van der Waals surface area contributed by atoms with Crippen LogP contribution in [0, 0.1) is 5.92 Å². The van der Waals surface area contributed by atoms with Crippen molar-refractivity contribution in [3.05, 3.63) is 50.6 Å². The van der Waals surface area contributed by atoms with E-state index in [1.54, 1.807) is 0 Å². The van der Waals surface area contributed by atoms with Gasteiger partial charge < -0.3 is 9.55 Å². The Morgan fingerprint density at radius 3 is 2.76 bits per heavy atom. The number of carbonyl (C=O) groups is 2. The SMILES string of the molecule is Cn1cc([C@H]2c3sc(=O)[nH]c3S[C@H]3C(=O)NC(=O)[C@H]23)c2ccccc21. The zero-order chi connectivity index (χ0) is 17.3. The first kappa shape index (κ1) is 15.0. The molecule has 2 amide bonds. The lowest BCUT2D eigenvalue weighted by Gasteiger charge is -2.29. The molecule has 1 aromatic carbocycles. The van der Waals surface area contributed by atoms with Gasteiger partial charge in [-0.2, -0.15) is 0 Å². The Balaban J connectivity index is 1.81. The molecular formula is C17H13N3O3S2. The van der Waals surface area contributed by atoms with E-state index in [9.17, 15) is 14.4 Å². The van der Waals surface area contributed by atoms with E-state index in [4.69, 9.17) is 0 Å². The fourth-order valence-electron chi connectivity index (χ4n) is 3.89. The number of H-pyrrole nitrogens is 1. The molecule has 0 saturated carbocycles. The number of nitrogens with one attached hydrogen (secondary N) is 2. The summed E-state index contributed by atoms with van der Waals surface area (Å²) in [6.45, 7) is 0. The number of nitrogens with zero attached hydrogens (tertiary/aromatic N) is 1. The number of imide groups is 1. The van der Waals surface area contributed by atoms with Crippen LogP contribution in [-0.4, -0.2) is 26.6 Å². The van der Waals surface area contributed by atoms with Crippen LogP contribution in [0.2, 0.25) is 0 Å². The maximum Gasteiger partial charge on any atom is 0.305 e. The first-order valence-electron chi connectivity index (χ1n) is 7.83. The molecule has 2 aliphatic rings. The van der Waals surface area contributed by atoms with Crippen molar-refractivity contribution in [3.63, 3.8) is 0 Å². The summed E-state index contributed by atoms with van der Waals surface area (Å²) >= 11 is 2.42. The van der Waals surface area contributed by atoms with Gasteiger partial charge in [0.1, 0.15) is 5.25 Å². The van der Waals surface area contributed by atoms with Gasteiger partial charge in [-0.1, -0.05) is 41.3 Å². The lowest BCUT2D eigenvalue weighted by molar-refractivity contribution is -0.125. The maximum absolute atomic E-state index is 12.5. The molecule has 3 aromatic rings. The zero-order valence-corrected chi connectivity index (χ0v) is 14.7. The smallest absolute Gasteiger partial charge is 0.305 e. The Bertz CT molecular complexity index is 1110. The third-order valence-electron chi connectivity index (χ3n) is 4.93. The van der Waals surface area contributed by atoms with E-state index >= 15 is 0 Å². The summed E-state index contributed by atoms with van der Waals surface area (Å²) in [5, 5.41) is 3.70. The van der Waals surface area contributed by atoms with Crippen molar-refractivity contribution in [3.8, 4) is 0 Å². The summed E-state index contributed by atoms with van der Waals surface area (Å²) in [5.41, 5.74) is 2.04. The normalized spacial score (nSPS) is 25.1. The van der Waals surface area contributed by atoms with Gasteiger partial charge in [0.05, 0.1) is 10.9 Å². The van der Waals surface area contributed by atoms with Crippen LogP contribution in [0.5, 0.6) is 0 Å². The Labute approximate surface area is 150 Å². The maximum atomic E-state index is 12.5. The molecule has 1 saturated heterocycles. The van der Waals surface area contributed by atoms with Gasteiger partial charge in [0, 0.05) is 34.9 Å². The van der Waals surface area contributed by atoms with E-state index in [0.29, 0.717) is 5.03 Å². The Hall–Kier alpha value is -2.32. The van der Waals surface area contributed by atoms with E-state index in [0.717, 1.165) is 32.7 Å². The van der Waals surface area contributed by atoms with E-state index < -0.39 is 11.2 Å². The van der Waals surface area contributed by atoms with Crippen LogP contribution in [0.1, 0.15) is 16.4 Å². The first-order chi connectivity index (χ1) is 12.0. The number of benzene rings is 1. The monoisotopic (exact) mass is 371 g/mol. The summed E-state index contributed by atoms with van der Waals surface area (Å²) in [4.78, 5) is 40.2. The van der Waals surface area contributed by atoms with Crippen LogP contribution in [0.25, 0.3) is 10.9 Å². The average Bonchev–Trinajstić information content (AvgIpc) is 3.21. The minimum Gasteiger partial charge on any atom is -0.350 e. The topological polar surface area (TPSA) is 84.0 Å². The Kier molecular flexibility index (Phi) is 3.05. The second kappa shape index (κ2) is 5.09. The van der Waals surface area contributed by atoms with Crippen LogP contribution in [0.15, 0.2) is 40.3 Å². The molecule has 8 heteroatoms. The van der Waals surface area contributed by atoms with E-state index in [2.05, 4.69) is 10.3 Å². The second-order valence-electron chi connectivity index (χ2n) is 6.32. The van der Waals surface area contributed by atoms with Gasteiger partial charge in [0.25, 0.3) is 0 Å². The zero-order valence-electron chi connectivity index (χ0n) is 13.1. The van der Waals surface area contributed by atoms with Crippen molar-refractivity contribution < 1.29 is 9.59 Å². The summed E-state index contributed by atoms with van der Waals surface area (Å²) in [7, 11) is 1.96. The molecule has 3 atom stereocenters. The minimum absolute atomic E-state index is 0.157. The van der Waals surface area contributed by atoms with Crippen molar-refractivity contribution in [1.29, 1.82) is 0 Å². The number of amides is 2. The minimum atomic E-state index is -0.505. The van der Waals surface area contributed by atoms with Gasteiger partial charge in [-0.15, -0.1) is 0 Å². The van der Waals surface area contributed by atoms with Gasteiger partial charge in [-0.05, 0) is 11.6 Å². The molecule has 0 unspecified atom stereocenters. The number of hydrogen-bond acceptors (Lipinski definition) is 5. The fourth-order valence-corrected chi connectivity index (χ4v) is 6.37. The predicted octanol–water partition coefficient (Wildman–Crippen LogP) is 1.81. The van der Waals surface area contributed by atoms with Gasteiger partial charge in [0.15, 0.2) is 0 Å². The first-order valence-corrected chi connectivity index (χ1v) is 9.52. The molecule has 5 rings (SSSR count). The molecule has 6 nitrogen and oxygen atoms in total. The van der Waals surface area contributed by atoms with Crippen LogP contribution >= 0.6 is 23.1 Å².